The number of nitriles is 1. The molecule has 1 aromatic rings. The Morgan fingerprint density at radius 1 is 1.39 bits per heavy atom. The standard InChI is InChI=1S/C14H18N2O2/c1-14(2,11-15)16-13(17)9-6-10-18-12-7-4-3-5-8-12/h3-5,7-8H,6,9-10H2,1-2H3,(H,16,17). The number of hydrogen-bond acceptors (Lipinski definition) is 3. The molecule has 0 atom stereocenters. The molecule has 0 bridgehead atoms. The first-order valence-corrected chi connectivity index (χ1v) is 5.93. The Balaban J connectivity index is 2.19. The van der Waals surface area contributed by atoms with E-state index in [0.717, 1.165) is 5.75 Å². The van der Waals surface area contributed by atoms with Crippen LogP contribution in [0.4, 0.5) is 0 Å². The van der Waals surface area contributed by atoms with E-state index in [2.05, 4.69) is 5.32 Å². The zero-order chi connectivity index (χ0) is 13.4. The van der Waals surface area contributed by atoms with E-state index >= 15 is 0 Å². The van der Waals surface area contributed by atoms with Gasteiger partial charge in [-0.2, -0.15) is 5.26 Å². The van der Waals surface area contributed by atoms with Crippen molar-refractivity contribution in [1.29, 1.82) is 5.26 Å². The Hall–Kier alpha value is -2.02. The summed E-state index contributed by atoms with van der Waals surface area (Å²) in [6.45, 7) is 3.83. The minimum atomic E-state index is -0.808. The maximum atomic E-state index is 11.5. The number of nitrogens with zero attached hydrogens (tertiary/aromatic N) is 1. The molecule has 0 heterocycles. The van der Waals surface area contributed by atoms with E-state index in [9.17, 15) is 4.79 Å². The lowest BCUT2D eigenvalue weighted by Crippen LogP contribution is -2.42. The van der Waals surface area contributed by atoms with Gasteiger partial charge in [0.05, 0.1) is 12.7 Å². The lowest BCUT2D eigenvalue weighted by Gasteiger charge is -2.17. The third kappa shape index (κ3) is 5.35. The molecule has 0 aliphatic carbocycles. The second-order valence-corrected chi connectivity index (χ2v) is 4.55. The maximum absolute atomic E-state index is 11.5. The Labute approximate surface area is 108 Å². The molecule has 96 valence electrons. The molecule has 18 heavy (non-hydrogen) atoms. The van der Waals surface area contributed by atoms with Gasteiger partial charge >= 0.3 is 0 Å². The first kappa shape index (κ1) is 14.0. The summed E-state index contributed by atoms with van der Waals surface area (Å²) in [6.07, 6.45) is 0.986. The molecular formula is C14H18N2O2. The van der Waals surface area contributed by atoms with Crippen LogP contribution >= 0.6 is 0 Å². The highest BCUT2D eigenvalue weighted by Crippen LogP contribution is 2.09. The van der Waals surface area contributed by atoms with Crippen LogP contribution in [0, 0.1) is 11.3 Å². The number of benzene rings is 1. The number of carbonyl (C=O) groups is 1. The van der Waals surface area contributed by atoms with E-state index in [-0.39, 0.29) is 5.91 Å². The van der Waals surface area contributed by atoms with E-state index in [1.54, 1.807) is 13.8 Å². The van der Waals surface area contributed by atoms with Crippen LogP contribution in [0.3, 0.4) is 0 Å². The summed E-state index contributed by atoms with van der Waals surface area (Å²) in [5.74, 6) is 0.675. The van der Waals surface area contributed by atoms with Crippen LogP contribution < -0.4 is 10.1 Å². The molecular weight excluding hydrogens is 228 g/mol. The normalized spacial score (nSPS) is 10.5. The van der Waals surface area contributed by atoms with E-state index in [1.165, 1.54) is 0 Å². The topological polar surface area (TPSA) is 62.1 Å². The summed E-state index contributed by atoms with van der Waals surface area (Å²) < 4.78 is 5.47. The van der Waals surface area contributed by atoms with Crippen molar-refractivity contribution in [3.8, 4) is 11.8 Å². The molecule has 1 aromatic carbocycles. The van der Waals surface area contributed by atoms with Crippen molar-refractivity contribution in [2.75, 3.05) is 6.61 Å². The molecule has 4 nitrogen and oxygen atoms in total. The number of carbonyl (C=O) groups excluding carboxylic acids is 1. The highest BCUT2D eigenvalue weighted by molar-refractivity contribution is 5.77. The van der Waals surface area contributed by atoms with Crippen molar-refractivity contribution in [2.45, 2.75) is 32.2 Å². The number of rotatable bonds is 6. The van der Waals surface area contributed by atoms with Gasteiger partial charge < -0.3 is 10.1 Å². The Bertz CT molecular complexity index is 421. The summed E-state index contributed by atoms with van der Waals surface area (Å²) in [4.78, 5) is 11.5. The fourth-order valence-electron chi connectivity index (χ4n) is 1.38. The van der Waals surface area contributed by atoms with Crippen LogP contribution in [-0.4, -0.2) is 18.1 Å². The molecule has 1 rings (SSSR count). The summed E-state index contributed by atoms with van der Waals surface area (Å²) >= 11 is 0. The molecule has 0 aliphatic rings. The average molecular weight is 246 g/mol. The van der Waals surface area contributed by atoms with Crippen molar-refractivity contribution < 1.29 is 9.53 Å². The fourth-order valence-corrected chi connectivity index (χ4v) is 1.38. The Morgan fingerprint density at radius 3 is 2.67 bits per heavy atom. The van der Waals surface area contributed by atoms with Crippen LogP contribution in [0.15, 0.2) is 30.3 Å². The number of ether oxygens (including phenoxy) is 1. The van der Waals surface area contributed by atoms with Crippen LogP contribution in [0.1, 0.15) is 26.7 Å². The van der Waals surface area contributed by atoms with E-state index < -0.39 is 5.54 Å². The summed E-state index contributed by atoms with van der Waals surface area (Å²) in [5.41, 5.74) is -0.808. The summed E-state index contributed by atoms with van der Waals surface area (Å²) in [7, 11) is 0. The Morgan fingerprint density at radius 2 is 2.06 bits per heavy atom. The van der Waals surface area contributed by atoms with Crippen LogP contribution in [0.5, 0.6) is 5.75 Å². The van der Waals surface area contributed by atoms with Crippen LogP contribution in [0.2, 0.25) is 0 Å². The molecule has 0 radical (unpaired) electrons. The summed E-state index contributed by atoms with van der Waals surface area (Å²) in [6, 6.07) is 11.5. The highest BCUT2D eigenvalue weighted by atomic mass is 16.5. The van der Waals surface area contributed by atoms with Gasteiger partial charge in [0.2, 0.25) is 5.91 Å². The van der Waals surface area contributed by atoms with Crippen molar-refractivity contribution in [1.82, 2.24) is 5.32 Å². The quantitative estimate of drug-likeness (QED) is 0.783. The zero-order valence-electron chi connectivity index (χ0n) is 10.8. The van der Waals surface area contributed by atoms with Gasteiger partial charge in [0.15, 0.2) is 0 Å². The van der Waals surface area contributed by atoms with Gasteiger partial charge in [-0.15, -0.1) is 0 Å². The SMILES string of the molecule is CC(C)(C#N)NC(=O)CCCOc1ccccc1. The molecule has 0 aromatic heterocycles. The van der Waals surface area contributed by atoms with Gasteiger partial charge in [-0.1, -0.05) is 18.2 Å². The van der Waals surface area contributed by atoms with Gasteiger partial charge in [0.25, 0.3) is 0 Å². The van der Waals surface area contributed by atoms with Gasteiger partial charge in [0, 0.05) is 6.42 Å². The van der Waals surface area contributed by atoms with Crippen LogP contribution in [-0.2, 0) is 4.79 Å². The van der Waals surface area contributed by atoms with Gasteiger partial charge in [-0.05, 0) is 32.4 Å². The van der Waals surface area contributed by atoms with Gasteiger partial charge in [0.1, 0.15) is 11.3 Å². The van der Waals surface area contributed by atoms with Crippen molar-refractivity contribution in [3.05, 3.63) is 30.3 Å². The fraction of sp³-hybridized carbons (Fsp3) is 0.429. The first-order valence-electron chi connectivity index (χ1n) is 5.93. The lowest BCUT2D eigenvalue weighted by atomic mass is 10.1. The molecule has 0 unspecified atom stereocenters. The smallest absolute Gasteiger partial charge is 0.221 e. The van der Waals surface area contributed by atoms with E-state index in [4.69, 9.17) is 10.00 Å². The first-order chi connectivity index (χ1) is 8.53. The molecule has 0 saturated heterocycles. The number of hydrogen-bond donors (Lipinski definition) is 1. The molecule has 4 heteroatoms. The number of amides is 1. The third-order valence-corrected chi connectivity index (χ3v) is 2.29. The minimum Gasteiger partial charge on any atom is -0.494 e. The van der Waals surface area contributed by atoms with Gasteiger partial charge in [-0.3, -0.25) is 4.79 Å². The van der Waals surface area contributed by atoms with Crippen molar-refractivity contribution in [2.24, 2.45) is 0 Å². The predicted octanol–water partition coefficient (Wildman–Crippen LogP) is 2.26. The van der Waals surface area contributed by atoms with E-state index in [0.29, 0.717) is 19.4 Å². The van der Waals surface area contributed by atoms with Crippen molar-refractivity contribution >= 4 is 5.91 Å². The number of para-hydroxylation sites is 1. The molecule has 0 saturated carbocycles. The molecule has 1 amide bonds. The molecule has 0 spiro atoms. The monoisotopic (exact) mass is 246 g/mol. The Kier molecular flexibility index (Phi) is 5.19. The average Bonchev–Trinajstić information content (AvgIpc) is 2.35. The number of nitrogens with one attached hydrogen (secondary N) is 1. The molecule has 0 aliphatic heterocycles. The second-order valence-electron chi connectivity index (χ2n) is 4.55. The lowest BCUT2D eigenvalue weighted by molar-refractivity contribution is -0.122. The van der Waals surface area contributed by atoms with E-state index in [1.807, 2.05) is 36.4 Å². The zero-order valence-corrected chi connectivity index (χ0v) is 10.8. The maximum Gasteiger partial charge on any atom is 0.221 e. The highest BCUT2D eigenvalue weighted by Gasteiger charge is 2.18. The molecule has 1 N–H and O–H groups in total. The van der Waals surface area contributed by atoms with Crippen LogP contribution in [0.25, 0.3) is 0 Å². The molecule has 0 fully saturated rings. The largest absolute Gasteiger partial charge is 0.494 e. The van der Waals surface area contributed by atoms with Crippen molar-refractivity contribution in [3.63, 3.8) is 0 Å². The minimum absolute atomic E-state index is 0.127. The second kappa shape index (κ2) is 6.65. The predicted molar refractivity (Wildman–Crippen MR) is 69.0 cm³/mol. The summed E-state index contributed by atoms with van der Waals surface area (Å²) in [5, 5.41) is 11.4. The van der Waals surface area contributed by atoms with Gasteiger partial charge in [-0.25, -0.2) is 0 Å². The third-order valence-electron chi connectivity index (χ3n) is 2.29.